The molecule has 0 fully saturated rings. The second-order valence-electron chi connectivity index (χ2n) is 11.7. The van der Waals surface area contributed by atoms with Crippen molar-refractivity contribution in [2.24, 2.45) is 0 Å². The number of hydrogen-bond acceptors (Lipinski definition) is 9. The molecule has 59 heavy (non-hydrogen) atoms. The van der Waals surface area contributed by atoms with Gasteiger partial charge < -0.3 is 36.6 Å². The average Bonchev–Trinajstić information content (AvgIpc) is 3.11. The zero-order valence-electron chi connectivity index (χ0n) is 29.7. The minimum Gasteiger partial charge on any atom is -0.479 e. The number of amides is 1. The molecule has 2 rings (SSSR count). The third kappa shape index (κ3) is 25.1. The number of carboxylic acids is 1. The van der Waals surface area contributed by atoms with Crippen LogP contribution < -0.4 is 11.1 Å². The van der Waals surface area contributed by atoms with Crippen molar-refractivity contribution in [3.8, 4) is 0 Å². The van der Waals surface area contributed by atoms with E-state index >= 15 is 0 Å². The molecular weight excluding hydrogens is 1110 g/mol. The molecule has 0 aliphatic carbocycles. The second kappa shape index (κ2) is 28.1. The van der Waals surface area contributed by atoms with E-state index in [-0.39, 0.29) is 47.5 Å². The third-order valence-corrected chi connectivity index (χ3v) is 11.1. The summed E-state index contributed by atoms with van der Waals surface area (Å²) in [7, 11) is 0. The molecule has 8 N–H and O–H groups in total. The van der Waals surface area contributed by atoms with Gasteiger partial charge in [-0.15, -0.1) is 0 Å². The molecular formula is C34H42Br4Cl2F6N4O9. The maximum Gasteiger partial charge on any atom is 0.407 e. The smallest absolute Gasteiger partial charge is 0.407 e. The molecule has 1 amide bonds. The van der Waals surface area contributed by atoms with Gasteiger partial charge in [0.25, 0.3) is 16.4 Å². The molecule has 0 unspecified atom stereocenters. The number of alkyl halides is 10. The summed E-state index contributed by atoms with van der Waals surface area (Å²) in [6.07, 6.45) is -9.21. The van der Waals surface area contributed by atoms with Crippen molar-refractivity contribution in [1.82, 2.24) is 0 Å². The minimum absolute atomic E-state index is 0. The number of benzene rings is 2. The van der Waals surface area contributed by atoms with Crippen LogP contribution in [0.4, 0.5) is 49.1 Å². The van der Waals surface area contributed by atoms with Crippen LogP contribution in [0, 0.1) is 13.1 Å². The minimum atomic E-state index is -4.70. The van der Waals surface area contributed by atoms with E-state index in [0.29, 0.717) is 6.07 Å². The number of rotatable bonds is 9. The number of carbonyl (C=O) groups excluding carboxylic acids is 3. The van der Waals surface area contributed by atoms with Crippen LogP contribution in [0.2, 0.25) is 0 Å². The number of aliphatic hydroxyl groups is 4. The fourth-order valence-corrected chi connectivity index (χ4v) is 3.77. The molecule has 0 bridgehead atoms. The Balaban J connectivity index is -0.000000217. The molecule has 0 saturated carbocycles. The molecule has 2 aromatic carbocycles. The summed E-state index contributed by atoms with van der Waals surface area (Å²) in [6, 6.07) is 5.88. The van der Waals surface area contributed by atoms with Crippen LogP contribution in [0.15, 0.2) is 36.4 Å². The maximum absolute atomic E-state index is 12.7. The number of nitrogen functional groups attached to an aromatic ring is 1. The van der Waals surface area contributed by atoms with Gasteiger partial charge in [0, 0.05) is 32.7 Å². The first-order chi connectivity index (χ1) is 25.6. The van der Waals surface area contributed by atoms with E-state index < -0.39 is 79.6 Å². The van der Waals surface area contributed by atoms with Gasteiger partial charge in [-0.05, 0) is 75.2 Å². The Hall–Kier alpha value is -2.58. The molecule has 0 aromatic heterocycles. The lowest BCUT2D eigenvalue weighted by atomic mass is 10.1. The number of nitrogens with one attached hydrogen (secondary N) is 1. The van der Waals surface area contributed by atoms with E-state index in [2.05, 4.69) is 78.7 Å². The van der Waals surface area contributed by atoms with Crippen molar-refractivity contribution in [2.45, 2.75) is 77.3 Å². The lowest BCUT2D eigenvalue weighted by Gasteiger charge is -2.20. The molecule has 0 saturated heterocycles. The van der Waals surface area contributed by atoms with Crippen molar-refractivity contribution >= 4 is 132 Å². The maximum atomic E-state index is 12.7. The van der Waals surface area contributed by atoms with E-state index in [4.69, 9.17) is 62.5 Å². The van der Waals surface area contributed by atoms with Gasteiger partial charge in [-0.3, -0.25) is 14.4 Å². The molecule has 336 valence electrons. The van der Waals surface area contributed by atoms with E-state index in [9.17, 15) is 50.6 Å². The lowest BCUT2D eigenvalue weighted by molar-refractivity contribution is -0.154. The summed E-state index contributed by atoms with van der Waals surface area (Å²) >= 11 is 21.5. The highest BCUT2D eigenvalue weighted by Gasteiger charge is 2.35. The van der Waals surface area contributed by atoms with Gasteiger partial charge in [-0.2, -0.15) is 26.3 Å². The zero-order valence-corrected chi connectivity index (χ0v) is 37.5. The number of halogens is 12. The monoisotopic (exact) mass is 1150 g/mol. The Morgan fingerprint density at radius 3 is 1.22 bits per heavy atom. The normalized spacial score (nSPS) is 14.3. The molecule has 0 spiro atoms. The highest BCUT2D eigenvalue weighted by molar-refractivity contribution is 9.09. The highest BCUT2D eigenvalue weighted by Crippen LogP contribution is 2.39. The van der Waals surface area contributed by atoms with Gasteiger partial charge in [0.05, 0.1) is 24.3 Å². The van der Waals surface area contributed by atoms with Gasteiger partial charge in [0.2, 0.25) is 0 Å². The summed E-state index contributed by atoms with van der Waals surface area (Å²) in [5.74, 6) is -2.06. The van der Waals surface area contributed by atoms with Crippen LogP contribution in [0.3, 0.4) is 0 Å². The third-order valence-electron chi connectivity index (χ3n) is 5.96. The Morgan fingerprint density at radius 2 is 0.983 bits per heavy atom. The molecule has 4 atom stereocenters. The van der Waals surface area contributed by atoms with Crippen LogP contribution >= 0.6 is 86.9 Å². The van der Waals surface area contributed by atoms with Crippen LogP contribution in [0.25, 0.3) is 9.69 Å². The van der Waals surface area contributed by atoms with Crippen molar-refractivity contribution in [3.63, 3.8) is 0 Å². The Bertz CT molecular complexity index is 1710. The molecule has 2 aromatic rings. The summed E-state index contributed by atoms with van der Waals surface area (Å²) in [4.78, 5) is 47.5. The van der Waals surface area contributed by atoms with Crippen molar-refractivity contribution in [3.05, 3.63) is 70.4 Å². The van der Waals surface area contributed by atoms with Gasteiger partial charge in [-0.1, -0.05) is 90.7 Å². The van der Waals surface area contributed by atoms with Gasteiger partial charge in [0.1, 0.15) is 16.8 Å². The average molecular weight is 1160 g/mol. The van der Waals surface area contributed by atoms with Gasteiger partial charge in [-0.25, -0.2) is 14.5 Å². The first kappa shape index (κ1) is 65.5. The van der Waals surface area contributed by atoms with E-state index in [1.54, 1.807) is 0 Å². The van der Waals surface area contributed by atoms with E-state index in [0.717, 1.165) is 18.2 Å². The summed E-state index contributed by atoms with van der Waals surface area (Å²) < 4.78 is 74.9. The van der Waals surface area contributed by atoms with Crippen molar-refractivity contribution in [1.29, 1.82) is 0 Å². The van der Waals surface area contributed by atoms with Gasteiger partial charge >= 0.3 is 18.3 Å². The summed E-state index contributed by atoms with van der Waals surface area (Å²) in [5.41, 5.74) is -4.28. The highest BCUT2D eigenvalue weighted by atomic mass is 79.9. The van der Waals surface area contributed by atoms with Crippen molar-refractivity contribution < 1.29 is 71.1 Å². The molecule has 0 aliphatic heterocycles. The number of hydrogen-bond donors (Lipinski definition) is 7. The van der Waals surface area contributed by atoms with Crippen molar-refractivity contribution in [2.75, 3.05) is 32.4 Å². The van der Waals surface area contributed by atoms with Crippen LogP contribution in [-0.2, 0) is 31.5 Å². The predicted molar refractivity (Wildman–Crippen MR) is 229 cm³/mol. The Kier molecular flexibility index (Phi) is 31.2. The van der Waals surface area contributed by atoms with Crippen LogP contribution in [0.1, 0.15) is 53.7 Å². The summed E-state index contributed by atoms with van der Waals surface area (Å²) in [6.45, 7) is 18.3. The zero-order chi connectivity index (χ0) is 46.0. The summed E-state index contributed by atoms with van der Waals surface area (Å²) in [5, 5.41) is 45.3. The quantitative estimate of drug-likeness (QED) is 0.0415. The Labute approximate surface area is 380 Å². The number of carbonyl (C=O) groups is 4. The SMILES string of the molecule is C.C.C[C@](O)(CBr)C(=O)Cl.C[C@](O)(CBr)C(=O)Cl.C[C@](O)(CBr)C(=O)O.[C-]#[N+]c1ccc(N)cc1C(F)(F)F.[C-]#[N+]c1ccc(NC(=O)[C@@](C)(O)CBr)cc1C(F)(F)F. The van der Waals surface area contributed by atoms with Gasteiger partial charge in [0.15, 0.2) is 17.0 Å². The molecule has 0 heterocycles. The Morgan fingerprint density at radius 1 is 0.661 bits per heavy atom. The van der Waals surface area contributed by atoms with E-state index in [1.165, 1.54) is 39.8 Å². The first-order valence-electron chi connectivity index (χ1n) is 14.6. The fraction of sp³-hybridized carbons (Fsp3) is 0.471. The second-order valence-corrected chi connectivity index (χ2v) is 14.6. The largest absolute Gasteiger partial charge is 0.479 e. The predicted octanol–water partition coefficient (Wildman–Crippen LogP) is 9.46. The van der Waals surface area contributed by atoms with E-state index in [1.807, 2.05) is 0 Å². The number of carboxylic acid groups (broad SMARTS) is 1. The number of nitrogens with two attached hydrogens (primary N) is 1. The number of anilines is 2. The molecule has 13 nitrogen and oxygen atoms in total. The fourth-order valence-electron chi connectivity index (χ4n) is 2.31. The topological polar surface area (TPSA) is 216 Å². The van der Waals surface area contributed by atoms with Crippen LogP contribution in [0.5, 0.6) is 0 Å². The van der Waals surface area contributed by atoms with Crippen LogP contribution in [-0.4, -0.2) is 91.6 Å². The molecule has 0 aliphatic rings. The standard InChI is InChI=1S/C12H10BrF3N2O2.C8H5F3N2.2C4H6BrClO2.C4H7BrO3.2CH4/c1-11(20,6-13)10(19)18-7-3-4-9(17-2)8(5-7)12(14,15)16;1-13-7-3-2-5(12)4-6(7)8(9,10)11;3*1-4(8,2-5)3(6)7;;/h3-5,20H,6H2,1H3,(H,18,19);2-4H,12H2;2*8H,2H2,1H3;8H,2H2,1H3,(H,6,7);2*1H4/t11-;;3*4-;;/m0.000../s1. The number of nitrogens with zero attached hydrogens (tertiary/aromatic N) is 2. The first-order valence-corrected chi connectivity index (χ1v) is 19.8. The number of aliphatic carboxylic acids is 1. The molecule has 0 radical (unpaired) electrons. The molecule has 25 heteroatoms. The lowest BCUT2D eigenvalue weighted by Crippen LogP contribution is -2.41.